The second kappa shape index (κ2) is 4.89. The number of benzene rings is 1. The van der Waals surface area contributed by atoms with E-state index < -0.39 is 0 Å². The first-order chi connectivity index (χ1) is 7.65. The van der Waals surface area contributed by atoms with Crippen molar-refractivity contribution in [2.45, 2.75) is 18.7 Å². The van der Waals surface area contributed by atoms with Crippen LogP contribution in [-0.4, -0.2) is 10.2 Å². The Kier molecular flexibility index (Phi) is 3.51. The third kappa shape index (κ3) is 2.77. The number of hydrogen-bond donors (Lipinski definition) is 0. The lowest BCUT2D eigenvalue weighted by Gasteiger charge is -1.96. The minimum atomic E-state index is -0.229. The molecule has 0 bridgehead atoms. The average Bonchev–Trinajstić information content (AvgIpc) is 2.66. The summed E-state index contributed by atoms with van der Waals surface area (Å²) in [5, 5.41) is 9.53. The Bertz CT molecular complexity index is 484. The predicted molar refractivity (Wildman–Crippen MR) is 63.4 cm³/mol. The van der Waals surface area contributed by atoms with Gasteiger partial charge in [0.05, 0.1) is 5.38 Å². The summed E-state index contributed by atoms with van der Waals surface area (Å²) in [5.41, 5.74) is 0.893. The highest BCUT2D eigenvalue weighted by Crippen LogP contribution is 2.24. The Morgan fingerprint density at radius 2 is 2.25 bits per heavy atom. The Morgan fingerprint density at radius 3 is 2.88 bits per heavy atom. The van der Waals surface area contributed by atoms with E-state index in [2.05, 4.69) is 10.2 Å². The summed E-state index contributed by atoms with van der Waals surface area (Å²) in [5.74, 6) is -0.229. The van der Waals surface area contributed by atoms with Gasteiger partial charge in [-0.15, -0.1) is 21.8 Å². The van der Waals surface area contributed by atoms with Gasteiger partial charge in [-0.25, -0.2) is 4.39 Å². The van der Waals surface area contributed by atoms with E-state index in [1.807, 2.05) is 13.0 Å². The molecule has 0 aliphatic carbocycles. The zero-order valence-electron chi connectivity index (χ0n) is 8.65. The normalized spacial score (nSPS) is 12.7. The van der Waals surface area contributed by atoms with Crippen LogP contribution in [0.2, 0.25) is 0 Å². The Hall–Kier alpha value is -1.00. The molecule has 0 spiro atoms. The maximum Gasteiger partial charge on any atom is 0.135 e. The van der Waals surface area contributed by atoms with Crippen LogP contribution in [0.25, 0.3) is 0 Å². The number of alkyl halides is 1. The van der Waals surface area contributed by atoms with Gasteiger partial charge in [-0.05, 0) is 24.6 Å². The highest BCUT2D eigenvalue weighted by molar-refractivity contribution is 7.11. The third-order valence-electron chi connectivity index (χ3n) is 2.07. The maximum atomic E-state index is 12.9. The number of halogens is 2. The van der Waals surface area contributed by atoms with E-state index in [9.17, 15) is 4.39 Å². The van der Waals surface area contributed by atoms with Gasteiger partial charge in [0.2, 0.25) is 0 Å². The van der Waals surface area contributed by atoms with Gasteiger partial charge in [0.1, 0.15) is 15.8 Å². The van der Waals surface area contributed by atoms with Crippen LogP contribution < -0.4 is 0 Å². The van der Waals surface area contributed by atoms with Crippen molar-refractivity contribution in [1.29, 1.82) is 0 Å². The molecule has 1 unspecified atom stereocenters. The van der Waals surface area contributed by atoms with Gasteiger partial charge in [0, 0.05) is 6.42 Å². The van der Waals surface area contributed by atoms with Gasteiger partial charge in [-0.2, -0.15) is 0 Å². The van der Waals surface area contributed by atoms with Crippen LogP contribution >= 0.6 is 22.9 Å². The molecule has 0 radical (unpaired) electrons. The zero-order chi connectivity index (χ0) is 11.5. The first-order valence-electron chi connectivity index (χ1n) is 4.86. The number of nitrogens with zero attached hydrogens (tertiary/aromatic N) is 2. The van der Waals surface area contributed by atoms with Crippen molar-refractivity contribution in [3.05, 3.63) is 45.7 Å². The van der Waals surface area contributed by atoms with Gasteiger partial charge >= 0.3 is 0 Å². The maximum absolute atomic E-state index is 12.9. The molecule has 16 heavy (non-hydrogen) atoms. The second-order valence-corrected chi connectivity index (χ2v) is 5.21. The van der Waals surface area contributed by atoms with E-state index in [1.165, 1.54) is 23.5 Å². The van der Waals surface area contributed by atoms with Crippen LogP contribution in [-0.2, 0) is 6.42 Å². The fourth-order valence-corrected chi connectivity index (χ4v) is 2.30. The molecule has 0 aliphatic rings. The molecule has 0 saturated heterocycles. The summed E-state index contributed by atoms with van der Waals surface area (Å²) >= 11 is 7.36. The first kappa shape index (κ1) is 11.5. The van der Waals surface area contributed by atoms with E-state index in [0.717, 1.165) is 15.6 Å². The number of aromatic nitrogens is 2. The van der Waals surface area contributed by atoms with Crippen LogP contribution in [0.15, 0.2) is 24.3 Å². The highest BCUT2D eigenvalue weighted by Gasteiger charge is 2.09. The summed E-state index contributed by atoms with van der Waals surface area (Å²) in [4.78, 5) is 0. The smallest absolute Gasteiger partial charge is 0.135 e. The quantitative estimate of drug-likeness (QED) is 0.785. The minimum Gasteiger partial charge on any atom is -0.207 e. The lowest BCUT2D eigenvalue weighted by Crippen LogP contribution is -1.88. The summed E-state index contributed by atoms with van der Waals surface area (Å²) < 4.78 is 12.9. The molecule has 1 atom stereocenters. The number of hydrogen-bond acceptors (Lipinski definition) is 3. The molecule has 5 heteroatoms. The minimum absolute atomic E-state index is 0.126. The summed E-state index contributed by atoms with van der Waals surface area (Å²) in [6.07, 6.45) is 0.596. The standard InChI is InChI=1S/C11H10ClFN2S/c1-7(12)11-15-14-10(16-11)6-8-3-2-4-9(13)5-8/h2-5,7H,6H2,1H3. The molecular formula is C11H10ClFN2S. The fraction of sp³-hybridized carbons (Fsp3) is 0.273. The van der Waals surface area contributed by atoms with E-state index >= 15 is 0 Å². The first-order valence-corrected chi connectivity index (χ1v) is 6.11. The second-order valence-electron chi connectivity index (χ2n) is 3.46. The Balaban J connectivity index is 2.14. The van der Waals surface area contributed by atoms with Crippen molar-refractivity contribution in [3.8, 4) is 0 Å². The molecular weight excluding hydrogens is 247 g/mol. The predicted octanol–water partition coefficient (Wildman–Crippen LogP) is 3.57. The molecule has 0 fully saturated rings. The van der Waals surface area contributed by atoms with Gasteiger partial charge < -0.3 is 0 Å². The van der Waals surface area contributed by atoms with Gasteiger partial charge in [0.15, 0.2) is 0 Å². The lowest BCUT2D eigenvalue weighted by atomic mass is 10.1. The van der Waals surface area contributed by atoms with Crippen LogP contribution in [0.4, 0.5) is 4.39 Å². The van der Waals surface area contributed by atoms with E-state index in [-0.39, 0.29) is 11.2 Å². The molecule has 2 nitrogen and oxygen atoms in total. The molecule has 0 amide bonds. The van der Waals surface area contributed by atoms with Crippen molar-refractivity contribution in [3.63, 3.8) is 0 Å². The van der Waals surface area contributed by atoms with Crippen molar-refractivity contribution < 1.29 is 4.39 Å². The van der Waals surface area contributed by atoms with Crippen molar-refractivity contribution in [2.75, 3.05) is 0 Å². The van der Waals surface area contributed by atoms with Crippen LogP contribution in [0, 0.1) is 5.82 Å². The zero-order valence-corrected chi connectivity index (χ0v) is 10.2. The molecule has 2 rings (SSSR count). The van der Waals surface area contributed by atoms with E-state index in [0.29, 0.717) is 6.42 Å². The summed E-state index contributed by atoms with van der Waals surface area (Å²) in [7, 11) is 0. The molecule has 1 aromatic carbocycles. The van der Waals surface area contributed by atoms with E-state index in [1.54, 1.807) is 6.07 Å². The molecule has 0 N–H and O–H groups in total. The van der Waals surface area contributed by atoms with Crippen molar-refractivity contribution >= 4 is 22.9 Å². The topological polar surface area (TPSA) is 25.8 Å². The van der Waals surface area contributed by atoms with Crippen LogP contribution in [0.1, 0.15) is 27.9 Å². The Morgan fingerprint density at radius 1 is 1.44 bits per heavy atom. The molecule has 84 valence electrons. The molecule has 0 aliphatic heterocycles. The Labute approximate surface area is 102 Å². The third-order valence-corrected chi connectivity index (χ3v) is 3.51. The van der Waals surface area contributed by atoms with Gasteiger partial charge in [-0.3, -0.25) is 0 Å². The monoisotopic (exact) mass is 256 g/mol. The van der Waals surface area contributed by atoms with Crippen LogP contribution in [0.3, 0.4) is 0 Å². The fourth-order valence-electron chi connectivity index (χ4n) is 1.32. The summed E-state index contributed by atoms with van der Waals surface area (Å²) in [6, 6.07) is 6.49. The molecule has 2 aromatic rings. The highest BCUT2D eigenvalue weighted by atomic mass is 35.5. The molecule has 1 aromatic heterocycles. The average molecular weight is 257 g/mol. The van der Waals surface area contributed by atoms with Crippen molar-refractivity contribution in [2.24, 2.45) is 0 Å². The van der Waals surface area contributed by atoms with Gasteiger partial charge in [0.25, 0.3) is 0 Å². The van der Waals surface area contributed by atoms with Crippen molar-refractivity contribution in [1.82, 2.24) is 10.2 Å². The molecule has 0 saturated carbocycles. The van der Waals surface area contributed by atoms with E-state index in [4.69, 9.17) is 11.6 Å². The SMILES string of the molecule is CC(Cl)c1nnc(Cc2cccc(F)c2)s1. The molecule has 1 heterocycles. The largest absolute Gasteiger partial charge is 0.207 e. The lowest BCUT2D eigenvalue weighted by molar-refractivity contribution is 0.626. The number of rotatable bonds is 3. The van der Waals surface area contributed by atoms with Crippen LogP contribution in [0.5, 0.6) is 0 Å². The van der Waals surface area contributed by atoms with Gasteiger partial charge in [-0.1, -0.05) is 23.5 Å². The summed E-state index contributed by atoms with van der Waals surface area (Å²) in [6.45, 7) is 1.86.